The third kappa shape index (κ3) is 3.45. The van der Waals surface area contributed by atoms with Crippen molar-refractivity contribution in [1.82, 2.24) is 0 Å². The maximum atomic E-state index is 13.4. The first kappa shape index (κ1) is 12.9. The van der Waals surface area contributed by atoms with Gasteiger partial charge in [0.1, 0.15) is 16.7 Å². The van der Waals surface area contributed by atoms with Gasteiger partial charge in [0.2, 0.25) is 0 Å². The normalized spacial score (nSPS) is 10.4. The molecule has 0 heterocycles. The molecule has 1 rings (SSSR count). The predicted molar refractivity (Wildman–Crippen MR) is 56.6 cm³/mol. The van der Waals surface area contributed by atoms with Gasteiger partial charge in [-0.05, 0) is 30.9 Å². The smallest absolute Gasteiger partial charge is 0.303 e. The van der Waals surface area contributed by atoms with Crippen LogP contribution in [-0.4, -0.2) is 11.1 Å². The van der Waals surface area contributed by atoms with Crippen molar-refractivity contribution in [2.45, 2.75) is 25.7 Å². The molecule has 0 aliphatic rings. The van der Waals surface area contributed by atoms with Gasteiger partial charge in [0, 0.05) is 6.42 Å². The van der Waals surface area contributed by atoms with Crippen LogP contribution >= 0.6 is 11.6 Å². The van der Waals surface area contributed by atoms with Crippen LogP contribution in [0.15, 0.2) is 12.1 Å². The summed E-state index contributed by atoms with van der Waals surface area (Å²) in [6.07, 6.45) is 1.41. The van der Waals surface area contributed by atoms with Gasteiger partial charge in [0.25, 0.3) is 0 Å². The van der Waals surface area contributed by atoms with Gasteiger partial charge in [0.15, 0.2) is 0 Å². The molecule has 0 aliphatic heterocycles. The van der Waals surface area contributed by atoms with E-state index in [9.17, 15) is 13.6 Å². The highest BCUT2D eigenvalue weighted by Crippen LogP contribution is 2.23. The molecule has 0 bridgehead atoms. The number of aryl methyl sites for hydroxylation is 1. The Morgan fingerprint density at radius 2 is 2.00 bits per heavy atom. The van der Waals surface area contributed by atoms with E-state index in [0.29, 0.717) is 24.8 Å². The molecule has 0 saturated carbocycles. The number of carboxylic acid groups (broad SMARTS) is 1. The van der Waals surface area contributed by atoms with Crippen LogP contribution in [0.3, 0.4) is 0 Å². The largest absolute Gasteiger partial charge is 0.481 e. The highest BCUT2D eigenvalue weighted by molar-refractivity contribution is 6.30. The van der Waals surface area contributed by atoms with Crippen LogP contribution in [0.25, 0.3) is 0 Å². The van der Waals surface area contributed by atoms with Crippen molar-refractivity contribution >= 4 is 17.6 Å². The fourth-order valence-electron chi connectivity index (χ4n) is 1.35. The average Bonchev–Trinajstić information content (AvgIpc) is 2.23. The van der Waals surface area contributed by atoms with Crippen LogP contribution in [0.5, 0.6) is 0 Å². The van der Waals surface area contributed by atoms with Crippen molar-refractivity contribution in [3.63, 3.8) is 0 Å². The van der Waals surface area contributed by atoms with Gasteiger partial charge in [-0.1, -0.05) is 17.7 Å². The van der Waals surface area contributed by atoms with Gasteiger partial charge in [-0.3, -0.25) is 4.79 Å². The molecule has 1 aromatic rings. The van der Waals surface area contributed by atoms with E-state index in [1.54, 1.807) is 0 Å². The Balaban J connectivity index is 2.55. The summed E-state index contributed by atoms with van der Waals surface area (Å²) >= 11 is 5.40. The standard InChI is InChI=1S/C11H11ClF2O2/c12-10-8(13)6-5-7(11(10)14)3-1-2-4-9(15)16/h5-6H,1-4H2,(H,15,16). The lowest BCUT2D eigenvalue weighted by Gasteiger charge is -2.04. The Morgan fingerprint density at radius 3 is 2.62 bits per heavy atom. The molecule has 16 heavy (non-hydrogen) atoms. The van der Waals surface area contributed by atoms with Crippen molar-refractivity contribution in [1.29, 1.82) is 0 Å². The van der Waals surface area contributed by atoms with Crippen molar-refractivity contribution < 1.29 is 18.7 Å². The molecule has 0 unspecified atom stereocenters. The number of hydrogen-bond donors (Lipinski definition) is 1. The Hall–Kier alpha value is -1.16. The molecule has 1 N–H and O–H groups in total. The van der Waals surface area contributed by atoms with Crippen molar-refractivity contribution in [3.05, 3.63) is 34.4 Å². The zero-order valence-electron chi connectivity index (χ0n) is 8.47. The lowest BCUT2D eigenvalue weighted by atomic mass is 10.1. The van der Waals surface area contributed by atoms with Crippen molar-refractivity contribution in [2.75, 3.05) is 0 Å². The van der Waals surface area contributed by atoms with E-state index in [2.05, 4.69) is 0 Å². The SMILES string of the molecule is O=C(O)CCCCc1ccc(F)c(Cl)c1F. The van der Waals surface area contributed by atoms with E-state index in [-0.39, 0.29) is 6.42 Å². The second-order valence-electron chi connectivity index (χ2n) is 3.44. The van der Waals surface area contributed by atoms with Gasteiger partial charge in [-0.15, -0.1) is 0 Å². The fraction of sp³-hybridized carbons (Fsp3) is 0.364. The van der Waals surface area contributed by atoms with Crippen LogP contribution < -0.4 is 0 Å². The van der Waals surface area contributed by atoms with Crippen LogP contribution in [0, 0.1) is 11.6 Å². The molecule has 0 amide bonds. The lowest BCUT2D eigenvalue weighted by Crippen LogP contribution is -1.97. The minimum Gasteiger partial charge on any atom is -0.481 e. The Bertz CT molecular complexity index is 394. The minimum absolute atomic E-state index is 0.0521. The summed E-state index contributed by atoms with van der Waals surface area (Å²) in [5, 5.41) is 7.90. The number of benzene rings is 1. The first-order valence-corrected chi connectivity index (χ1v) is 5.24. The molecule has 1 aromatic carbocycles. The van der Waals surface area contributed by atoms with Crippen molar-refractivity contribution in [2.24, 2.45) is 0 Å². The highest BCUT2D eigenvalue weighted by atomic mass is 35.5. The molecule has 0 fully saturated rings. The molecule has 0 aromatic heterocycles. The molecule has 0 saturated heterocycles. The highest BCUT2D eigenvalue weighted by Gasteiger charge is 2.11. The number of rotatable bonds is 5. The van der Waals surface area contributed by atoms with Gasteiger partial charge in [-0.2, -0.15) is 0 Å². The second-order valence-corrected chi connectivity index (χ2v) is 3.81. The summed E-state index contributed by atoms with van der Waals surface area (Å²) in [7, 11) is 0. The molecular formula is C11H11ClF2O2. The Morgan fingerprint density at radius 1 is 1.31 bits per heavy atom. The molecule has 88 valence electrons. The maximum absolute atomic E-state index is 13.4. The van der Waals surface area contributed by atoms with Crippen LogP contribution in [-0.2, 0) is 11.2 Å². The summed E-state index contributed by atoms with van der Waals surface area (Å²) in [6.45, 7) is 0. The first-order valence-electron chi connectivity index (χ1n) is 4.86. The van der Waals surface area contributed by atoms with Gasteiger partial charge in [-0.25, -0.2) is 8.78 Å². The molecule has 0 radical (unpaired) electrons. The van der Waals surface area contributed by atoms with E-state index >= 15 is 0 Å². The zero-order chi connectivity index (χ0) is 12.1. The van der Waals surface area contributed by atoms with Crippen molar-refractivity contribution in [3.8, 4) is 0 Å². The fourth-order valence-corrected chi connectivity index (χ4v) is 1.54. The summed E-state index contributed by atoms with van der Waals surface area (Å²) in [5.41, 5.74) is 0.316. The number of carbonyl (C=O) groups is 1. The summed E-state index contributed by atoms with van der Waals surface area (Å²) in [5.74, 6) is -2.41. The van der Waals surface area contributed by atoms with E-state index < -0.39 is 22.6 Å². The molecule has 0 atom stereocenters. The molecule has 2 nitrogen and oxygen atoms in total. The monoisotopic (exact) mass is 248 g/mol. The molecule has 0 spiro atoms. The molecular weight excluding hydrogens is 238 g/mol. The number of hydrogen-bond acceptors (Lipinski definition) is 1. The lowest BCUT2D eigenvalue weighted by molar-refractivity contribution is -0.137. The number of carboxylic acids is 1. The van der Waals surface area contributed by atoms with Crippen LogP contribution in [0.1, 0.15) is 24.8 Å². The summed E-state index contributed by atoms with van der Waals surface area (Å²) < 4.78 is 26.2. The Kier molecular flexibility index (Phi) is 4.68. The van der Waals surface area contributed by atoms with Gasteiger partial charge in [0.05, 0.1) is 0 Å². The van der Waals surface area contributed by atoms with Crippen LogP contribution in [0.2, 0.25) is 5.02 Å². The molecule has 5 heteroatoms. The summed E-state index contributed by atoms with van der Waals surface area (Å²) in [4.78, 5) is 10.2. The van der Waals surface area contributed by atoms with Gasteiger partial charge >= 0.3 is 5.97 Å². The Labute approximate surface area is 96.8 Å². The van der Waals surface area contributed by atoms with E-state index in [4.69, 9.17) is 16.7 Å². The maximum Gasteiger partial charge on any atom is 0.303 e. The van der Waals surface area contributed by atoms with Gasteiger partial charge < -0.3 is 5.11 Å². The van der Waals surface area contributed by atoms with E-state index in [1.807, 2.05) is 0 Å². The molecule has 0 aliphatic carbocycles. The number of aliphatic carboxylic acids is 1. The predicted octanol–water partition coefficient (Wildman–Crippen LogP) is 3.42. The minimum atomic E-state index is -0.877. The van der Waals surface area contributed by atoms with E-state index in [0.717, 1.165) is 6.07 Å². The quantitative estimate of drug-likeness (QED) is 0.640. The zero-order valence-corrected chi connectivity index (χ0v) is 9.23. The second kappa shape index (κ2) is 5.80. The number of unbranched alkanes of at least 4 members (excludes halogenated alkanes) is 1. The van der Waals surface area contributed by atoms with E-state index in [1.165, 1.54) is 6.07 Å². The third-order valence-corrected chi connectivity index (χ3v) is 2.55. The number of halogens is 3. The third-order valence-electron chi connectivity index (χ3n) is 2.20. The summed E-state index contributed by atoms with van der Waals surface area (Å²) in [6, 6.07) is 2.44. The average molecular weight is 249 g/mol. The topological polar surface area (TPSA) is 37.3 Å². The van der Waals surface area contributed by atoms with Crippen LogP contribution in [0.4, 0.5) is 8.78 Å². The first-order chi connectivity index (χ1) is 7.52.